The normalized spacial score (nSPS) is 13.7. The molecular weight excluding hydrogens is 380 g/mol. The second-order valence-electron chi connectivity index (χ2n) is 4.86. The molecule has 168 valence electrons. The standard InChI is InChI=1S/C13H18N4OS.C3H8O.C2H6.CH4.2H2O.H2/c1-2-19-8-11-7-12(14)16-13(15-11)9-3-5-10(17-18)6-4-9;1-2-3-4;1-2;;;;/h3-7,13,15,17-18H,2,8H2,1H3,(H2,14,16);4H,2-3H2,1H3;1-2H3;1H4;2*1H2;1H. The van der Waals surface area contributed by atoms with E-state index in [1.165, 1.54) is 0 Å². The molecule has 1 aliphatic rings. The Kier molecular flexibility index (Phi) is 26.0. The minimum atomic E-state index is -0.162. The highest BCUT2D eigenvalue weighted by Gasteiger charge is 2.15. The number of aliphatic hydroxyl groups excluding tert-OH is 1. The van der Waals surface area contributed by atoms with Crippen LogP contribution >= 0.6 is 11.8 Å². The lowest BCUT2D eigenvalue weighted by Gasteiger charge is -2.23. The van der Waals surface area contributed by atoms with Crippen LogP contribution < -0.4 is 16.5 Å². The van der Waals surface area contributed by atoms with Gasteiger partial charge in [0.2, 0.25) is 0 Å². The van der Waals surface area contributed by atoms with Crippen LogP contribution in [0, 0.1) is 0 Å². The number of anilines is 1. The van der Waals surface area contributed by atoms with Gasteiger partial charge in [-0.2, -0.15) is 11.8 Å². The Labute approximate surface area is 175 Å². The number of nitrogens with zero attached hydrogens (tertiary/aromatic N) is 1. The monoisotopic (exact) mass is 422 g/mol. The van der Waals surface area contributed by atoms with Crippen LogP contribution in [0.4, 0.5) is 5.69 Å². The lowest BCUT2D eigenvalue weighted by atomic mass is 10.1. The van der Waals surface area contributed by atoms with E-state index in [1.807, 2.05) is 50.7 Å². The number of nitrogens with one attached hydrogen (secondary N) is 2. The summed E-state index contributed by atoms with van der Waals surface area (Å²) in [5.74, 6) is 2.51. The quantitative estimate of drug-likeness (QED) is 0.442. The molecule has 1 aromatic rings. The second kappa shape index (κ2) is 21.5. The fourth-order valence-electron chi connectivity index (χ4n) is 1.81. The number of amidine groups is 1. The molecule has 0 bridgehead atoms. The van der Waals surface area contributed by atoms with Gasteiger partial charge in [0.25, 0.3) is 0 Å². The van der Waals surface area contributed by atoms with Crippen LogP contribution in [-0.2, 0) is 0 Å². The van der Waals surface area contributed by atoms with Gasteiger partial charge in [-0.25, -0.2) is 4.99 Å². The molecule has 0 radical (unpaired) electrons. The van der Waals surface area contributed by atoms with Crippen molar-refractivity contribution >= 4 is 23.3 Å². The van der Waals surface area contributed by atoms with Crippen molar-refractivity contribution in [3.63, 3.8) is 0 Å². The summed E-state index contributed by atoms with van der Waals surface area (Å²) in [6.45, 7) is 8.38. The van der Waals surface area contributed by atoms with E-state index in [1.54, 1.807) is 12.1 Å². The molecule has 2 rings (SSSR count). The first-order valence-corrected chi connectivity index (χ1v) is 9.79. The molecule has 0 spiro atoms. The maximum absolute atomic E-state index is 8.80. The molecule has 1 aromatic carbocycles. The number of nitrogens with two attached hydrogens (primary N) is 1. The fraction of sp³-hybridized carbons (Fsp3) is 0.526. The maximum atomic E-state index is 8.80. The van der Waals surface area contributed by atoms with E-state index in [4.69, 9.17) is 16.0 Å². The van der Waals surface area contributed by atoms with Crippen LogP contribution in [0.1, 0.15) is 54.7 Å². The first-order chi connectivity index (χ1) is 12.1. The van der Waals surface area contributed by atoms with Crippen molar-refractivity contribution in [2.75, 3.05) is 23.6 Å². The van der Waals surface area contributed by atoms with E-state index < -0.39 is 0 Å². The maximum Gasteiger partial charge on any atom is 0.146 e. The van der Waals surface area contributed by atoms with Gasteiger partial charge in [0.1, 0.15) is 12.0 Å². The molecule has 0 saturated carbocycles. The Balaban J connectivity index is -0.000000173. The van der Waals surface area contributed by atoms with Crippen LogP contribution in [-0.4, -0.2) is 45.2 Å². The molecule has 9 heteroatoms. The van der Waals surface area contributed by atoms with Crippen molar-refractivity contribution in [3.8, 4) is 0 Å². The third-order valence-electron chi connectivity index (χ3n) is 2.96. The van der Waals surface area contributed by atoms with Crippen molar-refractivity contribution < 1.29 is 22.7 Å². The summed E-state index contributed by atoms with van der Waals surface area (Å²) >= 11 is 1.84. The Morgan fingerprint density at radius 1 is 1.21 bits per heavy atom. The molecular formula is C19H42N4O4S. The number of aliphatic imine (C=N–C) groups is 1. The van der Waals surface area contributed by atoms with Gasteiger partial charge < -0.3 is 27.1 Å². The van der Waals surface area contributed by atoms with Crippen LogP contribution in [0.5, 0.6) is 0 Å². The molecule has 28 heavy (non-hydrogen) atoms. The van der Waals surface area contributed by atoms with Gasteiger partial charge in [-0.15, -0.1) is 0 Å². The number of hydrogen-bond acceptors (Lipinski definition) is 7. The Morgan fingerprint density at radius 2 is 1.75 bits per heavy atom. The smallest absolute Gasteiger partial charge is 0.146 e. The van der Waals surface area contributed by atoms with Gasteiger partial charge in [0, 0.05) is 19.5 Å². The number of hydrogen-bond donors (Lipinski definition) is 5. The zero-order chi connectivity index (χ0) is 19.1. The number of aliphatic hydroxyl groups is 1. The molecule has 0 aliphatic carbocycles. The van der Waals surface area contributed by atoms with Crippen molar-refractivity contribution in [1.29, 1.82) is 0 Å². The van der Waals surface area contributed by atoms with E-state index >= 15 is 0 Å². The number of rotatable bonds is 6. The van der Waals surface area contributed by atoms with Crippen LogP contribution in [0.3, 0.4) is 0 Å². The minimum absolute atomic E-state index is 0. The first-order valence-electron chi connectivity index (χ1n) is 8.63. The Bertz CT molecular complexity index is 529. The highest BCUT2D eigenvalue weighted by atomic mass is 32.2. The molecule has 1 aliphatic heterocycles. The van der Waals surface area contributed by atoms with E-state index in [2.05, 4.69) is 22.7 Å². The lowest BCUT2D eigenvalue weighted by molar-refractivity contribution is 0.295. The Hall–Kier alpha value is -1.78. The topological polar surface area (TPSA) is 166 Å². The SMILES string of the molecule is C.CC.CCCO.CCSCC1=CC(N)=NC(c2ccc(NO)cc2)N1.O.O.[HH]. The summed E-state index contributed by atoms with van der Waals surface area (Å²) < 4.78 is 0. The zero-order valence-corrected chi connectivity index (χ0v) is 17.4. The Morgan fingerprint density at radius 3 is 2.18 bits per heavy atom. The molecule has 1 unspecified atom stereocenters. The largest absolute Gasteiger partial charge is 0.412 e. The van der Waals surface area contributed by atoms with Gasteiger partial charge in [-0.05, 0) is 35.9 Å². The van der Waals surface area contributed by atoms with Gasteiger partial charge in [-0.3, -0.25) is 10.7 Å². The third kappa shape index (κ3) is 13.4. The van der Waals surface area contributed by atoms with Gasteiger partial charge in [0.05, 0.1) is 5.69 Å². The molecule has 1 heterocycles. The van der Waals surface area contributed by atoms with Crippen molar-refractivity contribution in [2.24, 2.45) is 10.7 Å². The number of thioether (sulfide) groups is 1. The zero-order valence-electron chi connectivity index (χ0n) is 16.6. The van der Waals surface area contributed by atoms with Gasteiger partial charge >= 0.3 is 0 Å². The summed E-state index contributed by atoms with van der Waals surface area (Å²) in [6, 6.07) is 7.40. The summed E-state index contributed by atoms with van der Waals surface area (Å²) in [5.41, 5.74) is 10.7. The first kappa shape index (κ1) is 33.8. The second-order valence-corrected chi connectivity index (χ2v) is 6.14. The highest BCUT2D eigenvalue weighted by molar-refractivity contribution is 7.99. The molecule has 0 aromatic heterocycles. The van der Waals surface area contributed by atoms with Gasteiger partial charge in [-0.1, -0.05) is 47.3 Å². The molecule has 0 saturated heterocycles. The van der Waals surface area contributed by atoms with Crippen LogP contribution in [0.15, 0.2) is 41.0 Å². The van der Waals surface area contributed by atoms with Crippen LogP contribution in [0.25, 0.3) is 0 Å². The average Bonchev–Trinajstić information content (AvgIpc) is 2.67. The highest BCUT2D eigenvalue weighted by Crippen LogP contribution is 2.22. The van der Waals surface area contributed by atoms with Crippen molar-refractivity contribution in [1.82, 2.24) is 5.32 Å². The molecule has 10 N–H and O–H groups in total. The summed E-state index contributed by atoms with van der Waals surface area (Å²) in [4.78, 5) is 4.38. The lowest BCUT2D eigenvalue weighted by Crippen LogP contribution is -2.29. The molecule has 1 atom stereocenters. The third-order valence-corrected chi connectivity index (χ3v) is 3.89. The molecule has 8 nitrogen and oxygen atoms in total. The minimum Gasteiger partial charge on any atom is -0.412 e. The summed E-state index contributed by atoms with van der Waals surface area (Å²) in [5, 5.41) is 20.0. The van der Waals surface area contributed by atoms with E-state index in [0.29, 0.717) is 18.1 Å². The average molecular weight is 423 g/mol. The van der Waals surface area contributed by atoms with E-state index in [-0.39, 0.29) is 26.0 Å². The van der Waals surface area contributed by atoms with Crippen molar-refractivity contribution in [2.45, 2.75) is 47.7 Å². The summed E-state index contributed by atoms with van der Waals surface area (Å²) in [7, 11) is 0. The molecule has 0 fully saturated rings. The number of benzene rings is 1. The van der Waals surface area contributed by atoms with E-state index in [0.717, 1.165) is 29.2 Å². The fourth-order valence-corrected chi connectivity index (χ4v) is 2.40. The van der Waals surface area contributed by atoms with Crippen LogP contribution in [0.2, 0.25) is 0 Å². The summed E-state index contributed by atoms with van der Waals surface area (Å²) in [6.07, 6.45) is 2.59. The predicted molar refractivity (Wildman–Crippen MR) is 125 cm³/mol. The van der Waals surface area contributed by atoms with E-state index in [9.17, 15) is 0 Å². The van der Waals surface area contributed by atoms with Crippen molar-refractivity contribution in [3.05, 3.63) is 41.6 Å². The molecule has 0 amide bonds. The predicted octanol–water partition coefficient (Wildman–Crippen LogP) is 2.73. The van der Waals surface area contributed by atoms with Gasteiger partial charge in [0.15, 0.2) is 0 Å².